The van der Waals surface area contributed by atoms with Crippen LogP contribution >= 0.6 is 0 Å². The van der Waals surface area contributed by atoms with Crippen LogP contribution in [0, 0.1) is 5.82 Å². The van der Waals surface area contributed by atoms with E-state index in [0.717, 1.165) is 17.2 Å². The Morgan fingerprint density at radius 2 is 1.93 bits per heavy atom. The maximum absolute atomic E-state index is 14.6. The van der Waals surface area contributed by atoms with Crippen molar-refractivity contribution in [1.29, 1.82) is 0 Å². The minimum atomic E-state index is -0.584. The molecule has 2 amide bonds. The van der Waals surface area contributed by atoms with Crippen molar-refractivity contribution in [1.82, 2.24) is 15.3 Å². The molecule has 0 bridgehead atoms. The van der Waals surface area contributed by atoms with E-state index in [1.807, 2.05) is 25.1 Å². The maximum Gasteiger partial charge on any atom is 0.255 e. The Morgan fingerprint density at radius 3 is 2.68 bits per heavy atom. The molecular weight excluding hydrogens is 525 g/mol. The Labute approximate surface area is 237 Å². The predicted octanol–water partition coefficient (Wildman–Crippen LogP) is 5.61. The normalized spacial score (nSPS) is 11.6. The minimum absolute atomic E-state index is 0.0141. The van der Waals surface area contributed by atoms with Crippen LogP contribution in [0.25, 0.3) is 11.3 Å². The fraction of sp³-hybridized carbons (Fsp3) is 0.161. The van der Waals surface area contributed by atoms with Crippen LogP contribution < -0.4 is 20.7 Å². The second kappa shape index (κ2) is 13.2. The molecule has 4 rings (SSSR count). The number of aromatic nitrogens is 2. The number of halogens is 1. The molecule has 1 atom stereocenters. The Kier molecular flexibility index (Phi) is 9.26. The molecule has 0 aliphatic heterocycles. The molecule has 0 saturated heterocycles. The molecule has 1 heterocycles. The van der Waals surface area contributed by atoms with Gasteiger partial charge in [-0.25, -0.2) is 9.37 Å². The van der Waals surface area contributed by atoms with Crippen LogP contribution in [0.2, 0.25) is 0 Å². The monoisotopic (exact) mass is 555 g/mol. The minimum Gasteiger partial charge on any atom is -0.504 e. The largest absolute Gasteiger partial charge is 0.504 e. The Morgan fingerprint density at radius 1 is 1.10 bits per heavy atom. The van der Waals surface area contributed by atoms with Crippen molar-refractivity contribution in [3.8, 4) is 22.8 Å². The summed E-state index contributed by atoms with van der Waals surface area (Å²) in [5, 5.41) is 18.6. The van der Waals surface area contributed by atoms with Gasteiger partial charge in [0.05, 0.1) is 31.2 Å². The van der Waals surface area contributed by atoms with Crippen LogP contribution in [0.4, 0.5) is 15.9 Å². The number of allylic oxidation sites excluding steroid dienone is 1. The average Bonchev–Trinajstić information content (AvgIpc) is 2.97. The van der Waals surface area contributed by atoms with E-state index in [0.29, 0.717) is 22.9 Å². The van der Waals surface area contributed by atoms with Crippen LogP contribution in [0.15, 0.2) is 85.2 Å². The number of benzene rings is 3. The van der Waals surface area contributed by atoms with E-state index >= 15 is 0 Å². The number of aromatic hydroxyl groups is 1. The number of methoxy groups -OCH3 is 1. The summed E-state index contributed by atoms with van der Waals surface area (Å²) in [6.07, 6.45) is 6.17. The molecule has 3 aromatic carbocycles. The second-order valence-electron chi connectivity index (χ2n) is 9.15. The van der Waals surface area contributed by atoms with Gasteiger partial charge in [0.1, 0.15) is 11.6 Å². The zero-order valence-corrected chi connectivity index (χ0v) is 22.8. The van der Waals surface area contributed by atoms with E-state index in [1.54, 1.807) is 43.6 Å². The summed E-state index contributed by atoms with van der Waals surface area (Å²) in [5.41, 5.74) is 3.18. The lowest BCUT2D eigenvalue weighted by Gasteiger charge is -2.17. The van der Waals surface area contributed by atoms with E-state index in [1.165, 1.54) is 31.4 Å². The van der Waals surface area contributed by atoms with Gasteiger partial charge < -0.3 is 25.8 Å². The van der Waals surface area contributed by atoms with E-state index in [4.69, 9.17) is 4.74 Å². The molecule has 210 valence electrons. The first-order valence-corrected chi connectivity index (χ1v) is 12.8. The zero-order chi connectivity index (χ0) is 29.4. The fourth-order valence-corrected chi connectivity index (χ4v) is 4.03. The number of ether oxygens (including phenoxy) is 1. The Balaban J connectivity index is 1.42. The number of amides is 2. The first-order chi connectivity index (χ1) is 19.8. The molecule has 0 saturated carbocycles. The molecule has 1 aromatic heterocycles. The summed E-state index contributed by atoms with van der Waals surface area (Å²) in [4.78, 5) is 33.3. The number of hydrogen-bond donors (Lipinski definition) is 4. The molecule has 4 N–H and O–H groups in total. The third kappa shape index (κ3) is 7.45. The van der Waals surface area contributed by atoms with Crippen molar-refractivity contribution in [3.05, 3.63) is 108 Å². The summed E-state index contributed by atoms with van der Waals surface area (Å²) in [6, 6.07) is 16.2. The number of nitrogens with zero attached hydrogens (tertiary/aromatic N) is 2. The highest BCUT2D eigenvalue weighted by Crippen LogP contribution is 2.31. The number of hydrogen-bond acceptors (Lipinski definition) is 7. The van der Waals surface area contributed by atoms with Gasteiger partial charge in [0, 0.05) is 28.9 Å². The van der Waals surface area contributed by atoms with Crippen molar-refractivity contribution in [2.24, 2.45) is 0 Å². The molecule has 0 radical (unpaired) electrons. The third-order valence-corrected chi connectivity index (χ3v) is 6.21. The number of carbonyl (C=O) groups is 2. The van der Waals surface area contributed by atoms with E-state index in [-0.39, 0.29) is 35.4 Å². The average molecular weight is 556 g/mol. The lowest BCUT2D eigenvalue weighted by atomic mass is 10.1. The summed E-state index contributed by atoms with van der Waals surface area (Å²) < 4.78 is 19.8. The number of anilines is 2. The van der Waals surface area contributed by atoms with Crippen LogP contribution in [0.5, 0.6) is 11.5 Å². The SMILES string of the molecule is C/C=C/C(=O)NCc1ccc(C(=O)Nc2cccc([C@H](C)Nc3cncc(-c4ccc(O)c(OC)c4)n3)c2)cc1F. The molecule has 0 unspecified atom stereocenters. The van der Waals surface area contributed by atoms with E-state index in [9.17, 15) is 19.1 Å². The van der Waals surface area contributed by atoms with Crippen LogP contribution in [0.3, 0.4) is 0 Å². The van der Waals surface area contributed by atoms with Crippen LogP contribution in [-0.2, 0) is 11.3 Å². The van der Waals surface area contributed by atoms with Crippen LogP contribution in [-0.4, -0.2) is 34.0 Å². The molecule has 0 aliphatic rings. The van der Waals surface area contributed by atoms with Crippen LogP contribution in [0.1, 0.15) is 41.4 Å². The fourth-order valence-electron chi connectivity index (χ4n) is 4.03. The lowest BCUT2D eigenvalue weighted by Crippen LogP contribution is -2.21. The van der Waals surface area contributed by atoms with Gasteiger partial charge in [0.2, 0.25) is 5.91 Å². The molecule has 4 aromatic rings. The number of nitrogens with one attached hydrogen (secondary N) is 3. The van der Waals surface area contributed by atoms with Crippen molar-refractivity contribution < 1.29 is 23.8 Å². The Hall–Kier alpha value is -5.25. The quantitative estimate of drug-likeness (QED) is 0.187. The highest BCUT2D eigenvalue weighted by Gasteiger charge is 2.13. The van der Waals surface area contributed by atoms with Gasteiger partial charge in [-0.3, -0.25) is 14.6 Å². The smallest absolute Gasteiger partial charge is 0.255 e. The first kappa shape index (κ1) is 28.8. The van der Waals surface area contributed by atoms with Crippen molar-refractivity contribution >= 4 is 23.3 Å². The maximum atomic E-state index is 14.6. The summed E-state index contributed by atoms with van der Waals surface area (Å²) in [6.45, 7) is 3.68. The summed E-state index contributed by atoms with van der Waals surface area (Å²) in [7, 11) is 1.48. The van der Waals surface area contributed by atoms with Gasteiger partial charge in [-0.15, -0.1) is 0 Å². The van der Waals surface area contributed by atoms with Gasteiger partial charge >= 0.3 is 0 Å². The van der Waals surface area contributed by atoms with Crippen molar-refractivity contribution in [2.75, 3.05) is 17.7 Å². The number of phenols is 1. The highest BCUT2D eigenvalue weighted by molar-refractivity contribution is 6.04. The predicted molar refractivity (Wildman–Crippen MR) is 155 cm³/mol. The first-order valence-electron chi connectivity index (χ1n) is 12.8. The molecular formula is C31H30FN5O4. The molecule has 0 aliphatic carbocycles. The zero-order valence-electron chi connectivity index (χ0n) is 22.8. The van der Waals surface area contributed by atoms with Gasteiger partial charge in [0.25, 0.3) is 5.91 Å². The van der Waals surface area contributed by atoms with Gasteiger partial charge in [-0.05, 0) is 68.0 Å². The Bertz CT molecular complexity index is 1590. The van der Waals surface area contributed by atoms with Gasteiger partial charge in [-0.2, -0.15) is 0 Å². The highest BCUT2D eigenvalue weighted by atomic mass is 19.1. The van der Waals surface area contributed by atoms with Gasteiger partial charge in [-0.1, -0.05) is 24.3 Å². The second-order valence-corrected chi connectivity index (χ2v) is 9.15. The number of carbonyl (C=O) groups excluding carboxylic acids is 2. The van der Waals surface area contributed by atoms with Gasteiger partial charge in [0.15, 0.2) is 11.5 Å². The summed E-state index contributed by atoms with van der Waals surface area (Å²) in [5.74, 6) is -0.466. The lowest BCUT2D eigenvalue weighted by molar-refractivity contribution is -0.116. The van der Waals surface area contributed by atoms with E-state index in [2.05, 4.69) is 25.9 Å². The third-order valence-electron chi connectivity index (χ3n) is 6.21. The molecule has 9 nitrogen and oxygen atoms in total. The standard InChI is InChI=1S/C31H30FN5O4/c1-4-6-30(39)34-16-23-10-9-22(14-25(23)32)31(40)36-24-8-5-7-20(13-24)19(2)35-29-18-33-17-26(37-29)21-11-12-27(38)28(15-21)41-3/h4-15,17-19,38H,16H2,1-3H3,(H,34,39)(H,35,37)(H,36,40)/b6-4+/t19-/m0/s1. The molecule has 0 spiro atoms. The topological polar surface area (TPSA) is 125 Å². The number of rotatable bonds is 10. The van der Waals surface area contributed by atoms with Crippen molar-refractivity contribution in [2.45, 2.75) is 26.4 Å². The molecule has 0 fully saturated rings. The molecule has 10 heteroatoms. The molecule has 41 heavy (non-hydrogen) atoms. The summed E-state index contributed by atoms with van der Waals surface area (Å²) >= 11 is 0. The van der Waals surface area contributed by atoms with E-state index < -0.39 is 11.7 Å². The number of phenolic OH excluding ortho intramolecular Hbond substituents is 1. The van der Waals surface area contributed by atoms with Crippen molar-refractivity contribution in [3.63, 3.8) is 0 Å².